The number of carbonyl (C=O) groups is 2. The maximum atomic E-state index is 12.7. The number of amides is 1. The van der Waals surface area contributed by atoms with E-state index >= 15 is 0 Å². The summed E-state index contributed by atoms with van der Waals surface area (Å²) in [6.07, 6.45) is 36.9. The highest BCUT2D eigenvalue weighted by atomic mass is 35.5. The van der Waals surface area contributed by atoms with E-state index in [0.717, 1.165) is 38.6 Å². The Labute approximate surface area is 281 Å². The number of likely N-dealkylation sites (N-methyl/N-ethyl adjacent to an activating group) is 1. The first-order valence-corrected chi connectivity index (χ1v) is 19.3. The fourth-order valence-electron chi connectivity index (χ4n) is 6.14. The van der Waals surface area contributed by atoms with Crippen LogP contribution in [0.25, 0.3) is 0 Å². The number of rotatable bonds is 34. The Kier molecular flexibility index (Phi) is 36.1. The molecule has 44 heavy (non-hydrogen) atoms. The number of esters is 1. The monoisotopic (exact) mass is 645 g/mol. The van der Waals surface area contributed by atoms with Crippen LogP contribution in [0.4, 0.5) is 0 Å². The van der Waals surface area contributed by atoms with E-state index in [2.05, 4.69) is 26.2 Å². The van der Waals surface area contributed by atoms with Gasteiger partial charge < -0.3 is 17.1 Å². The molecule has 0 bridgehead atoms. The molecular weight excluding hydrogens is 568 g/mol. The highest BCUT2D eigenvalue weighted by Crippen LogP contribution is 2.15. The third kappa shape index (κ3) is 32.6. The molecule has 0 aliphatic heterocycles. The molecule has 0 aliphatic carbocycles. The van der Waals surface area contributed by atoms with Gasteiger partial charge in [0.1, 0.15) is 6.54 Å². The molecular formula is C38H77ClN2O3. The minimum Gasteiger partial charge on any atom is -1.00 e. The van der Waals surface area contributed by atoms with Crippen LogP contribution < -0.4 is 17.8 Å². The van der Waals surface area contributed by atoms with Crippen LogP contribution in [0.2, 0.25) is 0 Å². The van der Waals surface area contributed by atoms with E-state index in [1.165, 1.54) is 148 Å². The summed E-state index contributed by atoms with van der Waals surface area (Å²) in [6, 6.07) is 0. The molecule has 0 aromatic rings. The van der Waals surface area contributed by atoms with Gasteiger partial charge in [-0.3, -0.25) is 4.79 Å². The first-order valence-electron chi connectivity index (χ1n) is 19.3. The first-order chi connectivity index (χ1) is 21.0. The van der Waals surface area contributed by atoms with E-state index in [4.69, 9.17) is 4.74 Å². The second kappa shape index (κ2) is 35.1. The Hall–Kier alpha value is -0.810. The molecule has 5 nitrogen and oxygen atoms in total. The number of unbranched alkanes of at least 4 members (excludes halogenated alkanes) is 25. The van der Waals surface area contributed by atoms with Gasteiger partial charge in [0.05, 0.1) is 13.7 Å². The predicted molar refractivity (Wildman–Crippen MR) is 186 cm³/mol. The SMILES string of the molecule is CCCCCCCCCCCCCCCCCC(=O)N[N+](C)(CCC)CC(=O)OCCCCCCCCCCCCCC.[Cl-]. The minimum absolute atomic E-state index is 0. The first kappa shape index (κ1) is 45.3. The van der Waals surface area contributed by atoms with Gasteiger partial charge in [-0.1, -0.05) is 181 Å². The van der Waals surface area contributed by atoms with Crippen LogP contribution in [-0.2, 0) is 14.3 Å². The predicted octanol–water partition coefficient (Wildman–Crippen LogP) is 8.38. The summed E-state index contributed by atoms with van der Waals surface area (Å²) in [5.41, 5.74) is 3.12. The lowest BCUT2D eigenvalue weighted by Gasteiger charge is -2.32. The molecule has 0 saturated carbocycles. The number of nitrogens with zero attached hydrogens (tertiary/aromatic N) is 1. The van der Waals surface area contributed by atoms with Crippen LogP contribution in [0.5, 0.6) is 0 Å². The fourth-order valence-corrected chi connectivity index (χ4v) is 6.14. The van der Waals surface area contributed by atoms with E-state index < -0.39 is 0 Å². The lowest BCUT2D eigenvalue weighted by Crippen LogP contribution is -3.00. The fraction of sp³-hybridized carbons (Fsp3) is 0.947. The summed E-state index contributed by atoms with van der Waals surface area (Å²) < 4.78 is 5.78. The number of hydrogen-bond donors (Lipinski definition) is 1. The molecule has 264 valence electrons. The Balaban J connectivity index is 0. The zero-order chi connectivity index (χ0) is 31.7. The van der Waals surface area contributed by atoms with Crippen molar-refractivity contribution >= 4 is 11.9 Å². The summed E-state index contributed by atoms with van der Waals surface area (Å²) in [6.45, 7) is 8.08. The quantitative estimate of drug-likeness (QED) is 0.0331. The highest BCUT2D eigenvalue weighted by molar-refractivity contribution is 5.75. The summed E-state index contributed by atoms with van der Waals surface area (Å²) in [7, 11) is 1.94. The lowest BCUT2D eigenvalue weighted by atomic mass is 10.0. The van der Waals surface area contributed by atoms with Crippen LogP contribution in [0.3, 0.4) is 0 Å². The van der Waals surface area contributed by atoms with Crippen molar-refractivity contribution in [3.8, 4) is 0 Å². The molecule has 0 radical (unpaired) electrons. The molecule has 0 aromatic heterocycles. The van der Waals surface area contributed by atoms with Crippen molar-refractivity contribution in [2.24, 2.45) is 0 Å². The molecule has 0 spiro atoms. The minimum atomic E-state index is -0.203. The van der Waals surface area contributed by atoms with Gasteiger partial charge in [0.2, 0.25) is 0 Å². The number of carbonyl (C=O) groups excluding carboxylic acids is 2. The van der Waals surface area contributed by atoms with Crippen LogP contribution in [0, 0.1) is 0 Å². The number of halogens is 1. The Bertz CT molecular complexity index is 619. The molecule has 6 heteroatoms. The number of quaternary nitrogens is 1. The van der Waals surface area contributed by atoms with Gasteiger partial charge in [0, 0.05) is 6.42 Å². The number of hydrogen-bond acceptors (Lipinski definition) is 3. The molecule has 0 fully saturated rings. The van der Waals surface area contributed by atoms with Crippen molar-refractivity contribution in [1.29, 1.82) is 0 Å². The van der Waals surface area contributed by atoms with E-state index in [1.54, 1.807) is 0 Å². The zero-order valence-corrected chi connectivity index (χ0v) is 30.9. The Morgan fingerprint density at radius 1 is 0.500 bits per heavy atom. The van der Waals surface area contributed by atoms with Gasteiger partial charge in [-0.25, -0.2) is 14.8 Å². The molecule has 1 amide bonds. The number of nitrogens with one attached hydrogen (secondary N) is 1. The summed E-state index contributed by atoms with van der Waals surface area (Å²) in [5, 5.41) is 0. The third-order valence-electron chi connectivity index (χ3n) is 8.86. The van der Waals surface area contributed by atoms with Gasteiger partial charge in [0.15, 0.2) is 6.54 Å². The van der Waals surface area contributed by atoms with Gasteiger partial charge in [-0.05, 0) is 19.3 Å². The zero-order valence-electron chi connectivity index (χ0n) is 30.2. The van der Waals surface area contributed by atoms with Gasteiger partial charge in [-0.15, -0.1) is 0 Å². The second-order valence-electron chi connectivity index (χ2n) is 13.6. The van der Waals surface area contributed by atoms with Crippen molar-refractivity contribution < 1.29 is 31.3 Å². The largest absolute Gasteiger partial charge is 1.00 e. The molecule has 1 unspecified atom stereocenters. The second-order valence-corrected chi connectivity index (χ2v) is 13.6. The normalized spacial score (nSPS) is 12.5. The van der Waals surface area contributed by atoms with Gasteiger partial charge >= 0.3 is 5.97 Å². The molecule has 0 aromatic carbocycles. The molecule has 0 rings (SSSR count). The molecule has 0 aliphatic rings. The van der Waals surface area contributed by atoms with Crippen molar-refractivity contribution in [2.45, 2.75) is 207 Å². The van der Waals surface area contributed by atoms with Crippen LogP contribution in [0.15, 0.2) is 0 Å². The van der Waals surface area contributed by atoms with Crippen LogP contribution in [0.1, 0.15) is 207 Å². The summed E-state index contributed by atoms with van der Waals surface area (Å²) in [4.78, 5) is 25.2. The van der Waals surface area contributed by atoms with E-state index in [0.29, 0.717) is 13.0 Å². The van der Waals surface area contributed by atoms with Crippen LogP contribution in [-0.4, -0.2) is 43.2 Å². The lowest BCUT2D eigenvalue weighted by molar-refractivity contribution is -0.936. The molecule has 0 heterocycles. The van der Waals surface area contributed by atoms with E-state index in [1.807, 2.05) is 7.05 Å². The molecule has 0 saturated heterocycles. The average molecular weight is 645 g/mol. The highest BCUT2D eigenvalue weighted by Gasteiger charge is 2.28. The third-order valence-corrected chi connectivity index (χ3v) is 8.86. The smallest absolute Gasteiger partial charge is 0.364 e. The van der Waals surface area contributed by atoms with Crippen molar-refractivity contribution in [2.75, 3.05) is 26.7 Å². The summed E-state index contributed by atoms with van der Waals surface area (Å²) >= 11 is 0. The maximum absolute atomic E-state index is 12.7. The number of ether oxygens (including phenoxy) is 1. The molecule has 1 N–H and O–H groups in total. The van der Waals surface area contributed by atoms with Crippen molar-refractivity contribution in [3.05, 3.63) is 0 Å². The van der Waals surface area contributed by atoms with Gasteiger partial charge in [-0.2, -0.15) is 0 Å². The van der Waals surface area contributed by atoms with E-state index in [-0.39, 0.29) is 35.4 Å². The topological polar surface area (TPSA) is 55.4 Å². The Morgan fingerprint density at radius 3 is 1.20 bits per heavy atom. The standard InChI is InChI=1S/C38H76N2O3.ClH/c1-5-8-10-12-14-16-18-20-21-22-23-25-27-29-31-33-37(41)39-40(4,34-7-3)36-38(42)43-35-32-30-28-26-24-19-17-15-13-11-9-6-2;/h5-36H2,1-4H3;1H. The van der Waals surface area contributed by atoms with E-state index in [9.17, 15) is 9.59 Å². The maximum Gasteiger partial charge on any atom is 0.364 e. The molecule has 1 atom stereocenters. The van der Waals surface area contributed by atoms with Gasteiger partial charge in [0.25, 0.3) is 5.91 Å². The van der Waals surface area contributed by atoms with Crippen molar-refractivity contribution in [1.82, 2.24) is 5.43 Å². The Morgan fingerprint density at radius 2 is 0.841 bits per heavy atom. The van der Waals surface area contributed by atoms with Crippen LogP contribution >= 0.6 is 0 Å². The summed E-state index contributed by atoms with van der Waals surface area (Å²) in [5.74, 6) is -0.147. The average Bonchev–Trinajstić information content (AvgIpc) is 2.97. The van der Waals surface area contributed by atoms with Crippen molar-refractivity contribution in [3.63, 3.8) is 0 Å².